The van der Waals surface area contributed by atoms with Crippen LogP contribution < -0.4 is 10.1 Å². The fourth-order valence-electron chi connectivity index (χ4n) is 1.64. The minimum Gasteiger partial charge on any atom is -0.482 e. The monoisotopic (exact) mass is 338 g/mol. The molecule has 22 heavy (non-hydrogen) atoms. The Morgan fingerprint density at radius 2 is 2.05 bits per heavy atom. The first kappa shape index (κ1) is 16.1. The number of hydrogen-bond acceptors (Lipinski definition) is 3. The van der Waals surface area contributed by atoms with Crippen LogP contribution in [0.2, 0.25) is 10.0 Å². The molecule has 0 saturated carbocycles. The average molecular weight is 339 g/mol. The molecule has 7 heteroatoms. The van der Waals surface area contributed by atoms with Crippen molar-refractivity contribution < 1.29 is 13.9 Å². The van der Waals surface area contributed by atoms with Gasteiger partial charge in [-0.2, -0.15) is 5.26 Å². The maximum Gasteiger partial charge on any atom is 0.262 e. The molecule has 0 saturated heterocycles. The topological polar surface area (TPSA) is 62.1 Å². The van der Waals surface area contributed by atoms with Crippen LogP contribution in [0.4, 0.5) is 10.1 Å². The Labute approximate surface area is 136 Å². The molecule has 0 bridgehead atoms. The summed E-state index contributed by atoms with van der Waals surface area (Å²) in [5.74, 6) is -0.816. The zero-order chi connectivity index (χ0) is 16.1. The van der Waals surface area contributed by atoms with Gasteiger partial charge in [0.05, 0.1) is 16.3 Å². The Balaban J connectivity index is 2.02. The number of benzene rings is 2. The first-order valence-electron chi connectivity index (χ1n) is 6.07. The summed E-state index contributed by atoms with van der Waals surface area (Å²) in [7, 11) is 0. The minimum atomic E-state index is -0.501. The second-order valence-electron chi connectivity index (χ2n) is 4.21. The van der Waals surface area contributed by atoms with Gasteiger partial charge in [0.25, 0.3) is 5.91 Å². The first-order chi connectivity index (χ1) is 10.5. The van der Waals surface area contributed by atoms with Crippen molar-refractivity contribution in [2.75, 3.05) is 11.9 Å². The molecule has 4 nitrogen and oxygen atoms in total. The lowest BCUT2D eigenvalue weighted by Crippen LogP contribution is -2.20. The molecule has 1 amide bonds. The third-order valence-electron chi connectivity index (χ3n) is 2.63. The molecule has 0 aliphatic rings. The van der Waals surface area contributed by atoms with E-state index in [1.54, 1.807) is 6.07 Å². The third-order valence-corrected chi connectivity index (χ3v) is 3.16. The molecule has 0 atom stereocenters. The number of anilines is 1. The van der Waals surface area contributed by atoms with Crippen molar-refractivity contribution in [2.45, 2.75) is 0 Å². The van der Waals surface area contributed by atoms with Crippen molar-refractivity contribution in [1.29, 1.82) is 5.26 Å². The molecule has 0 fully saturated rings. The van der Waals surface area contributed by atoms with Crippen LogP contribution in [-0.2, 0) is 4.79 Å². The van der Waals surface area contributed by atoms with Gasteiger partial charge in [-0.25, -0.2) is 4.39 Å². The van der Waals surface area contributed by atoms with Crippen LogP contribution in [0.3, 0.4) is 0 Å². The first-order valence-corrected chi connectivity index (χ1v) is 6.82. The highest BCUT2D eigenvalue weighted by atomic mass is 35.5. The van der Waals surface area contributed by atoms with Gasteiger partial charge in [0.15, 0.2) is 6.61 Å². The second kappa shape index (κ2) is 7.12. The summed E-state index contributed by atoms with van der Waals surface area (Å²) in [5.41, 5.74) is 0.561. The predicted molar refractivity (Wildman–Crippen MR) is 81.7 cm³/mol. The summed E-state index contributed by atoms with van der Waals surface area (Å²) in [5, 5.41) is 11.9. The van der Waals surface area contributed by atoms with Crippen LogP contribution in [0, 0.1) is 17.1 Å². The highest BCUT2D eigenvalue weighted by Crippen LogP contribution is 2.25. The van der Waals surface area contributed by atoms with Gasteiger partial charge in [0.2, 0.25) is 0 Å². The molecule has 2 rings (SSSR count). The normalized spacial score (nSPS) is 9.91. The fraction of sp³-hybridized carbons (Fsp3) is 0.0667. The average Bonchev–Trinajstić information content (AvgIpc) is 2.46. The van der Waals surface area contributed by atoms with Crippen molar-refractivity contribution in [2.24, 2.45) is 0 Å². The van der Waals surface area contributed by atoms with Gasteiger partial charge < -0.3 is 10.1 Å². The van der Waals surface area contributed by atoms with E-state index >= 15 is 0 Å². The summed E-state index contributed by atoms with van der Waals surface area (Å²) >= 11 is 11.6. The summed E-state index contributed by atoms with van der Waals surface area (Å²) in [6.45, 7) is -0.345. The molecule has 112 valence electrons. The molecule has 0 unspecified atom stereocenters. The summed E-state index contributed by atoms with van der Waals surface area (Å²) in [6.07, 6.45) is 0. The molecule has 0 aliphatic carbocycles. The van der Waals surface area contributed by atoms with E-state index in [9.17, 15) is 9.18 Å². The molecule has 0 heterocycles. The van der Waals surface area contributed by atoms with E-state index in [1.165, 1.54) is 24.3 Å². The summed E-state index contributed by atoms with van der Waals surface area (Å²) in [6, 6.07) is 10.0. The van der Waals surface area contributed by atoms with Crippen LogP contribution in [0.5, 0.6) is 5.75 Å². The Morgan fingerprint density at radius 3 is 2.73 bits per heavy atom. The van der Waals surface area contributed by atoms with Gasteiger partial charge in [-0.05, 0) is 36.4 Å². The van der Waals surface area contributed by atoms with E-state index in [0.29, 0.717) is 5.02 Å². The summed E-state index contributed by atoms with van der Waals surface area (Å²) < 4.78 is 18.1. The van der Waals surface area contributed by atoms with Crippen molar-refractivity contribution in [3.63, 3.8) is 0 Å². The Hall–Kier alpha value is -2.29. The second-order valence-corrected chi connectivity index (χ2v) is 5.06. The highest BCUT2D eigenvalue weighted by molar-refractivity contribution is 6.32. The van der Waals surface area contributed by atoms with Crippen molar-refractivity contribution in [3.05, 3.63) is 57.8 Å². The Kier molecular flexibility index (Phi) is 5.21. The van der Waals surface area contributed by atoms with Crippen molar-refractivity contribution in [3.8, 4) is 11.8 Å². The SMILES string of the molecule is N#Cc1ccc(Cl)cc1NC(=O)COc1ccc(F)cc1Cl. The van der Waals surface area contributed by atoms with E-state index in [2.05, 4.69) is 5.32 Å². The van der Waals surface area contributed by atoms with Crippen LogP contribution in [0.25, 0.3) is 0 Å². The van der Waals surface area contributed by atoms with Crippen LogP contribution in [0.15, 0.2) is 36.4 Å². The largest absolute Gasteiger partial charge is 0.482 e. The Morgan fingerprint density at radius 1 is 1.27 bits per heavy atom. The fourth-order valence-corrected chi connectivity index (χ4v) is 2.03. The lowest BCUT2D eigenvalue weighted by Gasteiger charge is -2.10. The van der Waals surface area contributed by atoms with E-state index < -0.39 is 11.7 Å². The van der Waals surface area contributed by atoms with Crippen molar-refractivity contribution >= 4 is 34.8 Å². The standard InChI is InChI=1S/C15H9Cl2FN2O2/c16-10-2-1-9(7-19)13(5-10)20-15(21)8-22-14-4-3-11(18)6-12(14)17/h1-6H,8H2,(H,20,21). The number of carbonyl (C=O) groups excluding carboxylic acids is 1. The van der Waals surface area contributed by atoms with E-state index in [-0.39, 0.29) is 28.6 Å². The third kappa shape index (κ3) is 4.10. The molecule has 2 aromatic carbocycles. The van der Waals surface area contributed by atoms with Crippen LogP contribution in [0.1, 0.15) is 5.56 Å². The van der Waals surface area contributed by atoms with Crippen LogP contribution >= 0.6 is 23.2 Å². The number of nitrogens with one attached hydrogen (secondary N) is 1. The minimum absolute atomic E-state index is 0.0632. The van der Waals surface area contributed by atoms with Gasteiger partial charge in [-0.15, -0.1) is 0 Å². The lowest BCUT2D eigenvalue weighted by atomic mass is 10.2. The van der Waals surface area contributed by atoms with Gasteiger partial charge in [-0.3, -0.25) is 4.79 Å². The number of ether oxygens (including phenoxy) is 1. The highest BCUT2D eigenvalue weighted by Gasteiger charge is 2.10. The number of halogens is 3. The van der Waals surface area contributed by atoms with Crippen molar-refractivity contribution in [1.82, 2.24) is 0 Å². The quantitative estimate of drug-likeness (QED) is 0.915. The number of nitriles is 1. The molecular formula is C15H9Cl2FN2O2. The number of carbonyl (C=O) groups is 1. The summed E-state index contributed by atoms with van der Waals surface area (Å²) in [4.78, 5) is 11.8. The molecule has 0 aromatic heterocycles. The molecule has 0 radical (unpaired) electrons. The smallest absolute Gasteiger partial charge is 0.262 e. The lowest BCUT2D eigenvalue weighted by molar-refractivity contribution is -0.118. The molecule has 0 spiro atoms. The van der Waals surface area contributed by atoms with E-state index in [1.807, 2.05) is 6.07 Å². The molecular weight excluding hydrogens is 330 g/mol. The maximum atomic E-state index is 12.9. The molecule has 0 aliphatic heterocycles. The van der Waals surface area contributed by atoms with Gasteiger partial charge in [0, 0.05) is 5.02 Å². The van der Waals surface area contributed by atoms with Crippen LogP contribution in [-0.4, -0.2) is 12.5 Å². The van der Waals surface area contributed by atoms with Gasteiger partial charge in [0.1, 0.15) is 17.6 Å². The number of amides is 1. The maximum absolute atomic E-state index is 12.9. The van der Waals surface area contributed by atoms with E-state index in [0.717, 1.165) is 6.07 Å². The van der Waals surface area contributed by atoms with Gasteiger partial charge >= 0.3 is 0 Å². The Bertz CT molecular complexity index is 760. The van der Waals surface area contributed by atoms with E-state index in [4.69, 9.17) is 33.2 Å². The zero-order valence-electron chi connectivity index (χ0n) is 11.1. The number of rotatable bonds is 4. The zero-order valence-corrected chi connectivity index (χ0v) is 12.6. The molecule has 1 N–H and O–H groups in total. The molecule has 2 aromatic rings. The number of hydrogen-bond donors (Lipinski definition) is 1. The van der Waals surface area contributed by atoms with Gasteiger partial charge in [-0.1, -0.05) is 23.2 Å². The predicted octanol–water partition coefficient (Wildman–Crippen LogP) is 4.02. The number of nitrogens with zero attached hydrogens (tertiary/aromatic N) is 1.